The zero-order valence-corrected chi connectivity index (χ0v) is 7.39. The molecule has 63 valence electrons. The third-order valence-electron chi connectivity index (χ3n) is 1.83. The Bertz CT molecular complexity index is 286. The Hall–Kier alpha value is -0.830. The van der Waals surface area contributed by atoms with E-state index in [9.17, 15) is 0 Å². The first kappa shape index (κ1) is 7.80. The molecule has 1 aromatic carbocycles. The zero-order chi connectivity index (χ0) is 8.39. The molecule has 2 nitrogen and oxygen atoms in total. The molecule has 1 aliphatic rings. The number of rotatable bonds is 2. The minimum atomic E-state index is 0.340. The van der Waals surface area contributed by atoms with Gasteiger partial charge in [0.25, 0.3) is 0 Å². The monoisotopic (exact) mass is 181 g/mol. The maximum atomic E-state index is 5.23. The van der Waals surface area contributed by atoms with Crippen molar-refractivity contribution < 1.29 is 9.47 Å². The molecule has 0 saturated heterocycles. The van der Waals surface area contributed by atoms with E-state index in [-0.39, 0.29) is 0 Å². The second kappa shape index (κ2) is 3.27. The summed E-state index contributed by atoms with van der Waals surface area (Å²) in [6, 6.07) is 5.96. The van der Waals surface area contributed by atoms with Crippen LogP contribution in [-0.4, -0.2) is 12.5 Å². The van der Waals surface area contributed by atoms with Crippen LogP contribution in [-0.2, 0) is 6.42 Å². The maximum absolute atomic E-state index is 5.23. The highest BCUT2D eigenvalue weighted by Crippen LogP contribution is 2.32. The van der Waals surface area contributed by atoms with Crippen LogP contribution >= 0.6 is 12.6 Å². The Balaban J connectivity index is 2.26. The number of fused-ring (bicyclic) bond motifs is 1. The van der Waals surface area contributed by atoms with Gasteiger partial charge in [0.15, 0.2) is 11.5 Å². The molecule has 0 bridgehead atoms. The molecule has 0 aromatic heterocycles. The van der Waals surface area contributed by atoms with Gasteiger partial charge in [-0.3, -0.25) is 0 Å². The molecule has 3 heteroatoms. The molecule has 1 aromatic rings. The van der Waals surface area contributed by atoms with Crippen LogP contribution in [0.3, 0.4) is 0 Å². The van der Waals surface area contributed by atoms with E-state index in [1.54, 1.807) is 0 Å². The maximum Gasteiger partial charge on any atom is 0.231 e. The molecule has 0 amide bonds. The van der Waals surface area contributed by atoms with Crippen molar-refractivity contribution in [1.82, 2.24) is 0 Å². The Morgan fingerprint density at radius 3 is 2.92 bits per heavy atom. The zero-order valence-electron chi connectivity index (χ0n) is 6.58. The second-order valence-electron chi connectivity index (χ2n) is 2.64. The molecule has 0 aliphatic carbocycles. The molecule has 0 saturated carbocycles. The van der Waals surface area contributed by atoms with E-state index in [0.717, 1.165) is 23.7 Å². The molecule has 0 atom stereocenters. The molecule has 2 rings (SSSR count). The van der Waals surface area contributed by atoms with E-state index in [4.69, 9.17) is 22.1 Å². The molecule has 1 radical (unpaired) electrons. The Labute approximate surface area is 76.9 Å². The SMILES string of the molecule is [S]CCc1ccc2c(c1)OCO2. The first-order valence-corrected chi connectivity index (χ1v) is 4.44. The summed E-state index contributed by atoms with van der Waals surface area (Å²) < 4.78 is 10.4. The molecule has 0 unspecified atom stereocenters. The van der Waals surface area contributed by atoms with Gasteiger partial charge in [-0.25, -0.2) is 0 Å². The van der Waals surface area contributed by atoms with Crippen LogP contribution < -0.4 is 9.47 Å². The summed E-state index contributed by atoms with van der Waals surface area (Å²) in [6.45, 7) is 0.340. The van der Waals surface area contributed by atoms with Gasteiger partial charge in [-0.2, -0.15) is 0 Å². The van der Waals surface area contributed by atoms with Gasteiger partial charge in [-0.1, -0.05) is 18.7 Å². The molecule has 0 spiro atoms. The molecule has 12 heavy (non-hydrogen) atoms. The van der Waals surface area contributed by atoms with Crippen molar-refractivity contribution in [3.8, 4) is 11.5 Å². The Kier molecular flexibility index (Phi) is 2.13. The molecular formula is C9H9O2S. The van der Waals surface area contributed by atoms with E-state index >= 15 is 0 Å². The Morgan fingerprint density at radius 1 is 1.25 bits per heavy atom. The topological polar surface area (TPSA) is 18.5 Å². The van der Waals surface area contributed by atoms with E-state index in [0.29, 0.717) is 6.79 Å². The van der Waals surface area contributed by atoms with Crippen molar-refractivity contribution in [1.29, 1.82) is 0 Å². The summed E-state index contributed by atoms with van der Waals surface area (Å²) in [6.07, 6.45) is 0.923. The third kappa shape index (κ3) is 1.37. The van der Waals surface area contributed by atoms with Gasteiger partial charge in [0, 0.05) is 5.75 Å². The van der Waals surface area contributed by atoms with Gasteiger partial charge < -0.3 is 9.47 Å². The van der Waals surface area contributed by atoms with Crippen LogP contribution in [0.25, 0.3) is 0 Å². The van der Waals surface area contributed by atoms with E-state index in [2.05, 4.69) is 0 Å². The van der Waals surface area contributed by atoms with Crippen molar-refractivity contribution in [2.45, 2.75) is 6.42 Å². The van der Waals surface area contributed by atoms with E-state index in [1.807, 2.05) is 18.2 Å². The fourth-order valence-electron chi connectivity index (χ4n) is 1.21. The lowest BCUT2D eigenvalue weighted by Crippen LogP contribution is -1.93. The molecule has 0 N–H and O–H groups in total. The Morgan fingerprint density at radius 2 is 2.08 bits per heavy atom. The first-order valence-electron chi connectivity index (χ1n) is 3.87. The summed E-state index contributed by atoms with van der Waals surface area (Å²) in [5.41, 5.74) is 1.22. The highest BCUT2D eigenvalue weighted by molar-refractivity contribution is 7.80. The second-order valence-corrected chi connectivity index (χ2v) is 3.05. The van der Waals surface area contributed by atoms with Gasteiger partial charge >= 0.3 is 0 Å². The molecule has 0 fully saturated rings. The fraction of sp³-hybridized carbons (Fsp3) is 0.333. The van der Waals surface area contributed by atoms with Crippen molar-refractivity contribution in [3.63, 3.8) is 0 Å². The van der Waals surface area contributed by atoms with Crippen LogP contribution in [0.5, 0.6) is 11.5 Å². The molecular weight excluding hydrogens is 172 g/mol. The number of aryl methyl sites for hydroxylation is 1. The highest BCUT2D eigenvalue weighted by Gasteiger charge is 2.12. The van der Waals surface area contributed by atoms with E-state index in [1.165, 1.54) is 5.56 Å². The molecule has 1 aliphatic heterocycles. The first-order chi connectivity index (χ1) is 5.90. The largest absolute Gasteiger partial charge is 0.454 e. The van der Waals surface area contributed by atoms with Crippen LogP contribution in [0.1, 0.15) is 5.56 Å². The number of benzene rings is 1. The molecule has 1 heterocycles. The van der Waals surface area contributed by atoms with Crippen molar-refractivity contribution in [3.05, 3.63) is 23.8 Å². The number of ether oxygens (including phenoxy) is 2. The van der Waals surface area contributed by atoms with Gasteiger partial charge in [0.05, 0.1) is 0 Å². The van der Waals surface area contributed by atoms with Crippen molar-refractivity contribution >= 4 is 12.6 Å². The fourth-order valence-corrected chi connectivity index (χ4v) is 1.45. The summed E-state index contributed by atoms with van der Waals surface area (Å²) in [5.74, 6) is 2.43. The summed E-state index contributed by atoms with van der Waals surface area (Å²) >= 11 is 4.89. The quantitative estimate of drug-likeness (QED) is 0.696. The highest BCUT2D eigenvalue weighted by atomic mass is 32.1. The summed E-state index contributed by atoms with van der Waals surface area (Å²) in [7, 11) is 0. The average Bonchev–Trinajstić information content (AvgIpc) is 2.51. The predicted molar refractivity (Wildman–Crippen MR) is 48.7 cm³/mol. The minimum absolute atomic E-state index is 0.340. The summed E-state index contributed by atoms with van der Waals surface area (Å²) in [4.78, 5) is 0. The number of hydrogen-bond acceptors (Lipinski definition) is 2. The van der Waals surface area contributed by atoms with Crippen LogP contribution in [0.4, 0.5) is 0 Å². The van der Waals surface area contributed by atoms with Crippen molar-refractivity contribution in [2.24, 2.45) is 0 Å². The predicted octanol–water partition coefficient (Wildman–Crippen LogP) is 2.16. The lowest BCUT2D eigenvalue weighted by atomic mass is 10.1. The average molecular weight is 181 g/mol. The van der Waals surface area contributed by atoms with E-state index < -0.39 is 0 Å². The van der Waals surface area contributed by atoms with Crippen molar-refractivity contribution in [2.75, 3.05) is 12.5 Å². The standard InChI is InChI=1S/C9H9O2S/c12-4-3-7-1-2-8-9(5-7)11-6-10-8/h1-2,5H,3-4,6H2. The van der Waals surface area contributed by atoms with Gasteiger partial charge in [0.2, 0.25) is 6.79 Å². The lowest BCUT2D eigenvalue weighted by Gasteiger charge is -1.99. The van der Waals surface area contributed by atoms with Gasteiger partial charge in [-0.05, 0) is 24.1 Å². The number of hydrogen-bond donors (Lipinski definition) is 0. The van der Waals surface area contributed by atoms with Crippen LogP contribution in [0.2, 0.25) is 0 Å². The van der Waals surface area contributed by atoms with Crippen LogP contribution in [0.15, 0.2) is 18.2 Å². The van der Waals surface area contributed by atoms with Gasteiger partial charge in [0.1, 0.15) is 0 Å². The lowest BCUT2D eigenvalue weighted by molar-refractivity contribution is 0.174. The minimum Gasteiger partial charge on any atom is -0.454 e. The summed E-state index contributed by atoms with van der Waals surface area (Å²) in [5, 5.41) is 0. The third-order valence-corrected chi connectivity index (χ3v) is 2.03. The van der Waals surface area contributed by atoms with Gasteiger partial charge in [-0.15, -0.1) is 0 Å². The smallest absolute Gasteiger partial charge is 0.231 e. The van der Waals surface area contributed by atoms with Crippen LogP contribution in [0, 0.1) is 0 Å². The normalized spacial score (nSPS) is 13.4.